The van der Waals surface area contributed by atoms with E-state index < -0.39 is 20.0 Å². The number of nitrogens with zero attached hydrogens (tertiary/aromatic N) is 6. The van der Waals surface area contributed by atoms with Crippen molar-refractivity contribution in [3.8, 4) is 0 Å². The molecule has 2 aliphatic heterocycles. The van der Waals surface area contributed by atoms with Gasteiger partial charge in [-0.1, -0.05) is 108 Å². The molecule has 0 aliphatic carbocycles. The zero-order chi connectivity index (χ0) is 47.6. The number of aromatic nitrogens is 2. The van der Waals surface area contributed by atoms with Crippen LogP contribution in [-0.4, -0.2) is 87.8 Å². The van der Waals surface area contributed by atoms with Gasteiger partial charge in [-0.05, 0) is 102 Å². The number of sulfonamides is 2. The molecule has 4 heterocycles. The molecule has 14 heteroatoms. The van der Waals surface area contributed by atoms with Crippen molar-refractivity contribution >= 4 is 53.0 Å². The molecule has 6 aromatic rings. The lowest BCUT2D eigenvalue weighted by Gasteiger charge is -2.33. The lowest BCUT2D eigenvalue weighted by atomic mass is 9.87. The third kappa shape index (κ3) is 11.6. The van der Waals surface area contributed by atoms with Crippen molar-refractivity contribution in [2.45, 2.75) is 103 Å². The van der Waals surface area contributed by atoms with Crippen LogP contribution in [0.2, 0.25) is 0 Å². The van der Waals surface area contributed by atoms with E-state index in [1.807, 2.05) is 24.3 Å². The van der Waals surface area contributed by atoms with Crippen LogP contribution in [0.3, 0.4) is 0 Å². The maximum absolute atomic E-state index is 13.2. The Labute approximate surface area is 402 Å². The number of benzene rings is 4. The van der Waals surface area contributed by atoms with Gasteiger partial charge in [0.05, 0.1) is 21.2 Å². The number of rotatable bonds is 10. The zero-order valence-electron chi connectivity index (χ0n) is 40.3. The largest absolute Gasteiger partial charge is 0.345 e. The Kier molecular flexibility index (Phi) is 15.0. The van der Waals surface area contributed by atoms with Crippen LogP contribution in [-0.2, 0) is 43.7 Å². The van der Waals surface area contributed by atoms with Crippen LogP contribution in [0.25, 0.3) is 0 Å². The van der Waals surface area contributed by atoms with E-state index in [9.17, 15) is 16.8 Å². The molecule has 0 saturated carbocycles. The fraction of sp³-hybridized carbons (Fsp3) is 0.423. The van der Waals surface area contributed by atoms with Gasteiger partial charge in [0.25, 0.3) is 0 Å². The molecular formula is C52H66N6O4S4. The van der Waals surface area contributed by atoms with Gasteiger partial charge >= 0.3 is 0 Å². The highest BCUT2D eigenvalue weighted by atomic mass is 32.2. The summed E-state index contributed by atoms with van der Waals surface area (Å²) in [5.74, 6) is 0. The molecule has 0 radical (unpaired) electrons. The summed E-state index contributed by atoms with van der Waals surface area (Å²) in [6.07, 6.45) is 1.64. The smallest absolute Gasteiger partial charge is 0.243 e. The quantitative estimate of drug-likeness (QED) is 0.134. The minimum absolute atomic E-state index is 0.00147. The molecule has 0 bridgehead atoms. The number of thiazole rings is 2. The summed E-state index contributed by atoms with van der Waals surface area (Å²) in [5.41, 5.74) is 12.2. The van der Waals surface area contributed by atoms with Gasteiger partial charge in [-0.15, -0.1) is 22.7 Å². The zero-order valence-corrected chi connectivity index (χ0v) is 43.5. The molecule has 2 aromatic heterocycles. The fourth-order valence-electron chi connectivity index (χ4n) is 8.22. The minimum atomic E-state index is -3.48. The highest BCUT2D eigenvalue weighted by Gasteiger charge is 2.31. The number of aryl methyl sites for hydroxylation is 3. The van der Waals surface area contributed by atoms with Crippen LogP contribution < -0.4 is 9.80 Å². The van der Waals surface area contributed by atoms with E-state index >= 15 is 0 Å². The lowest BCUT2D eigenvalue weighted by molar-refractivity contribution is 0.384. The van der Waals surface area contributed by atoms with Crippen molar-refractivity contribution in [2.24, 2.45) is 0 Å². The van der Waals surface area contributed by atoms with Crippen LogP contribution in [0.4, 0.5) is 10.3 Å². The van der Waals surface area contributed by atoms with Crippen molar-refractivity contribution in [1.82, 2.24) is 18.6 Å². The maximum Gasteiger partial charge on any atom is 0.243 e. The van der Waals surface area contributed by atoms with Crippen LogP contribution in [0.15, 0.2) is 105 Å². The summed E-state index contributed by atoms with van der Waals surface area (Å²) < 4.78 is 55.8. The molecule has 0 spiro atoms. The molecule has 2 saturated heterocycles. The topological polar surface area (TPSA) is 107 Å². The van der Waals surface area contributed by atoms with Gasteiger partial charge in [-0.2, -0.15) is 8.61 Å². The van der Waals surface area contributed by atoms with E-state index in [4.69, 9.17) is 9.97 Å². The second-order valence-electron chi connectivity index (χ2n) is 19.7. The van der Waals surface area contributed by atoms with E-state index in [2.05, 4.69) is 126 Å². The molecule has 0 unspecified atom stereocenters. The van der Waals surface area contributed by atoms with E-state index in [0.717, 1.165) is 45.6 Å². The Morgan fingerprint density at radius 2 is 0.939 bits per heavy atom. The summed E-state index contributed by atoms with van der Waals surface area (Å²) in [7, 11) is -6.97. The first-order chi connectivity index (χ1) is 31.1. The van der Waals surface area contributed by atoms with Crippen molar-refractivity contribution in [3.63, 3.8) is 0 Å². The van der Waals surface area contributed by atoms with Crippen molar-refractivity contribution in [1.29, 1.82) is 0 Å². The molecule has 10 nitrogen and oxygen atoms in total. The van der Waals surface area contributed by atoms with Gasteiger partial charge in [-0.25, -0.2) is 26.8 Å². The third-order valence-electron chi connectivity index (χ3n) is 12.8. The Bertz CT molecular complexity index is 2680. The Hall–Kier alpha value is -4.44. The summed E-state index contributed by atoms with van der Waals surface area (Å²) in [6, 6.07) is 27.6. The summed E-state index contributed by atoms with van der Waals surface area (Å²) in [4.78, 5) is 14.8. The van der Waals surface area contributed by atoms with E-state index in [0.29, 0.717) is 62.1 Å². The van der Waals surface area contributed by atoms with Crippen LogP contribution in [0.5, 0.6) is 0 Å². The standard InChI is InChI=1S/2C26H33N3O2S2/c1-19-6-7-20(2)21(16-19)17-23-18-32-25(27-23)28-12-14-29(15-13-28)33(30,31)24-10-8-22(9-11-24)26(3,4)5;1-19-7-6-8-21(20(19)2)17-23-18-32-25(27-23)28-13-15-29(16-14-28)33(30,31)24-11-9-22(10-12-24)26(3,4)5/h6-11,16,18H,12-15,17H2,1-5H3;6-12,18H,13-17H2,1-5H3. The average Bonchev–Trinajstić information content (AvgIpc) is 3.97. The van der Waals surface area contributed by atoms with Gasteiger partial charge in [0.15, 0.2) is 10.3 Å². The third-order valence-corrected chi connectivity index (χ3v) is 18.5. The van der Waals surface area contributed by atoms with E-state index in [-0.39, 0.29) is 10.8 Å². The fourth-order valence-corrected chi connectivity index (χ4v) is 12.8. The average molecular weight is 967 g/mol. The molecule has 66 heavy (non-hydrogen) atoms. The van der Waals surface area contributed by atoms with Gasteiger partial charge in [-0.3, -0.25) is 0 Å². The van der Waals surface area contributed by atoms with Crippen LogP contribution in [0, 0.1) is 27.7 Å². The van der Waals surface area contributed by atoms with E-state index in [1.54, 1.807) is 55.5 Å². The molecule has 2 fully saturated rings. The highest BCUT2D eigenvalue weighted by molar-refractivity contribution is 7.89. The van der Waals surface area contributed by atoms with Crippen molar-refractivity contribution in [2.75, 3.05) is 62.2 Å². The Morgan fingerprint density at radius 1 is 0.515 bits per heavy atom. The summed E-state index contributed by atoms with van der Waals surface area (Å²) in [6.45, 7) is 25.8. The first-order valence-corrected chi connectivity index (χ1v) is 27.4. The number of hydrogen-bond acceptors (Lipinski definition) is 10. The molecule has 0 N–H and O–H groups in total. The maximum atomic E-state index is 13.2. The van der Waals surface area contributed by atoms with E-state index in [1.165, 1.54) is 33.4 Å². The first kappa shape index (κ1) is 49.5. The predicted molar refractivity (Wildman–Crippen MR) is 274 cm³/mol. The predicted octanol–water partition coefficient (Wildman–Crippen LogP) is 10.3. The molecule has 0 amide bonds. The molecule has 352 valence electrons. The van der Waals surface area contributed by atoms with Gasteiger partial charge in [0.1, 0.15) is 0 Å². The highest BCUT2D eigenvalue weighted by Crippen LogP contribution is 2.30. The van der Waals surface area contributed by atoms with Gasteiger partial charge in [0.2, 0.25) is 20.0 Å². The number of hydrogen-bond donors (Lipinski definition) is 0. The summed E-state index contributed by atoms with van der Waals surface area (Å²) in [5, 5.41) is 6.19. The summed E-state index contributed by atoms with van der Waals surface area (Å²) >= 11 is 3.28. The van der Waals surface area contributed by atoms with Gasteiger partial charge < -0.3 is 9.80 Å². The minimum Gasteiger partial charge on any atom is -0.345 e. The number of piperazine rings is 2. The molecule has 2 aliphatic rings. The van der Waals surface area contributed by atoms with Crippen molar-refractivity contribution < 1.29 is 16.8 Å². The molecule has 8 rings (SSSR count). The monoisotopic (exact) mass is 966 g/mol. The molecular weight excluding hydrogens is 901 g/mol. The molecule has 0 atom stereocenters. The number of anilines is 2. The van der Waals surface area contributed by atoms with Gasteiger partial charge in [0, 0.05) is 76.0 Å². The second kappa shape index (κ2) is 20.0. The van der Waals surface area contributed by atoms with Crippen LogP contribution in [0.1, 0.15) is 97.4 Å². The van der Waals surface area contributed by atoms with Crippen LogP contribution >= 0.6 is 22.7 Å². The van der Waals surface area contributed by atoms with Crippen molar-refractivity contribution in [3.05, 3.63) is 152 Å². The Morgan fingerprint density at radius 3 is 1.36 bits per heavy atom. The first-order valence-electron chi connectivity index (χ1n) is 22.8. The lowest BCUT2D eigenvalue weighted by Crippen LogP contribution is -2.48. The SMILES string of the molecule is Cc1ccc(C)c(Cc2csc(N3CCN(S(=O)(=O)c4ccc(C(C)(C)C)cc4)CC3)n2)c1.Cc1cccc(Cc2csc(N3CCN(S(=O)(=O)c4ccc(C(C)(C)C)cc4)CC3)n2)c1C. The molecule has 4 aromatic carbocycles. The Balaban J connectivity index is 0.000000196. The normalized spacial score (nSPS) is 15.7. The second-order valence-corrected chi connectivity index (χ2v) is 25.3.